The first-order valence-corrected chi connectivity index (χ1v) is 21.8. The SMILES string of the molecule is CCCCCCCCCC(CCCCCCCC)C(CCCCCCCC)(CCCCCCCC)C(=O)OCCCCCCCC. The van der Waals surface area contributed by atoms with Gasteiger partial charge in [-0.1, -0.05) is 227 Å². The minimum absolute atomic E-state index is 0.210. The monoisotopic (exact) mass is 649 g/mol. The molecule has 0 saturated heterocycles. The topological polar surface area (TPSA) is 26.3 Å². The molecule has 0 aliphatic carbocycles. The van der Waals surface area contributed by atoms with Gasteiger partial charge in [-0.25, -0.2) is 0 Å². The summed E-state index contributed by atoms with van der Waals surface area (Å²) >= 11 is 0. The van der Waals surface area contributed by atoms with Gasteiger partial charge in [-0.3, -0.25) is 4.79 Å². The molecule has 1 atom stereocenters. The molecule has 0 aliphatic rings. The molecule has 0 spiro atoms. The van der Waals surface area contributed by atoms with Gasteiger partial charge in [-0.2, -0.15) is 0 Å². The van der Waals surface area contributed by atoms with Crippen molar-refractivity contribution in [3.05, 3.63) is 0 Å². The molecule has 46 heavy (non-hydrogen) atoms. The molecule has 0 N–H and O–H groups in total. The predicted molar refractivity (Wildman–Crippen MR) is 207 cm³/mol. The van der Waals surface area contributed by atoms with Crippen molar-refractivity contribution < 1.29 is 9.53 Å². The van der Waals surface area contributed by atoms with Gasteiger partial charge >= 0.3 is 5.97 Å². The number of carbonyl (C=O) groups excluding carboxylic acids is 1. The van der Waals surface area contributed by atoms with E-state index in [2.05, 4.69) is 34.6 Å². The Morgan fingerprint density at radius 2 is 0.674 bits per heavy atom. The fourth-order valence-corrected chi connectivity index (χ4v) is 7.75. The van der Waals surface area contributed by atoms with Crippen LogP contribution < -0.4 is 0 Å². The van der Waals surface area contributed by atoms with Crippen LogP contribution in [0, 0.1) is 11.3 Å². The minimum Gasteiger partial charge on any atom is -0.465 e. The summed E-state index contributed by atoms with van der Waals surface area (Å²) in [5.74, 6) is 0.708. The van der Waals surface area contributed by atoms with Gasteiger partial charge < -0.3 is 4.74 Å². The Labute approximate surface area is 292 Å². The van der Waals surface area contributed by atoms with Crippen molar-refractivity contribution in [1.29, 1.82) is 0 Å². The van der Waals surface area contributed by atoms with E-state index in [0.29, 0.717) is 12.5 Å². The molecule has 2 nitrogen and oxygen atoms in total. The maximum atomic E-state index is 14.5. The van der Waals surface area contributed by atoms with Crippen LogP contribution in [-0.4, -0.2) is 12.6 Å². The Hall–Kier alpha value is -0.530. The van der Waals surface area contributed by atoms with Crippen LogP contribution in [0.3, 0.4) is 0 Å². The van der Waals surface area contributed by atoms with Crippen LogP contribution in [0.25, 0.3) is 0 Å². The first kappa shape index (κ1) is 45.5. The molecule has 0 fully saturated rings. The summed E-state index contributed by atoms with van der Waals surface area (Å²) in [5, 5.41) is 0. The third-order valence-electron chi connectivity index (χ3n) is 10.9. The Balaban J connectivity index is 5.84. The van der Waals surface area contributed by atoms with Crippen molar-refractivity contribution in [2.45, 2.75) is 259 Å². The summed E-state index contributed by atoms with van der Waals surface area (Å²) in [6.07, 6.45) is 45.2. The molecule has 2 heteroatoms. The van der Waals surface area contributed by atoms with E-state index < -0.39 is 0 Å². The zero-order chi connectivity index (χ0) is 33.8. The number of ether oxygens (including phenoxy) is 1. The molecular formula is C44H88O2. The Bertz CT molecular complexity index is 583. The van der Waals surface area contributed by atoms with Gasteiger partial charge in [0.25, 0.3) is 0 Å². The van der Waals surface area contributed by atoms with Gasteiger partial charge in [0, 0.05) is 0 Å². The smallest absolute Gasteiger partial charge is 0.312 e. The third-order valence-corrected chi connectivity index (χ3v) is 10.9. The molecule has 0 amide bonds. The highest BCUT2D eigenvalue weighted by Crippen LogP contribution is 2.46. The largest absolute Gasteiger partial charge is 0.465 e. The van der Waals surface area contributed by atoms with E-state index in [1.54, 1.807) is 0 Å². The summed E-state index contributed by atoms with van der Waals surface area (Å²) in [6.45, 7) is 12.2. The van der Waals surface area contributed by atoms with Crippen LogP contribution >= 0.6 is 0 Å². The van der Waals surface area contributed by atoms with Crippen LogP contribution in [0.2, 0.25) is 0 Å². The normalized spacial score (nSPS) is 12.5. The Kier molecular flexibility index (Phi) is 35.4. The lowest BCUT2D eigenvalue weighted by Crippen LogP contribution is -2.41. The summed E-state index contributed by atoms with van der Waals surface area (Å²) in [7, 11) is 0. The van der Waals surface area contributed by atoms with E-state index in [1.807, 2.05) is 0 Å². The van der Waals surface area contributed by atoms with Crippen LogP contribution in [-0.2, 0) is 9.53 Å². The molecule has 0 rings (SSSR count). The Morgan fingerprint density at radius 1 is 0.391 bits per heavy atom. The molecule has 0 aromatic carbocycles. The molecule has 276 valence electrons. The van der Waals surface area contributed by atoms with Crippen molar-refractivity contribution >= 4 is 5.97 Å². The number of hydrogen-bond donors (Lipinski definition) is 0. The highest BCUT2D eigenvalue weighted by molar-refractivity contribution is 5.77. The molecule has 0 aromatic heterocycles. The fourth-order valence-electron chi connectivity index (χ4n) is 7.75. The van der Waals surface area contributed by atoms with Crippen molar-refractivity contribution in [1.82, 2.24) is 0 Å². The fraction of sp³-hybridized carbons (Fsp3) is 0.977. The second-order valence-corrected chi connectivity index (χ2v) is 15.3. The van der Waals surface area contributed by atoms with E-state index in [9.17, 15) is 4.79 Å². The van der Waals surface area contributed by atoms with Crippen molar-refractivity contribution in [3.8, 4) is 0 Å². The van der Waals surface area contributed by atoms with E-state index >= 15 is 0 Å². The van der Waals surface area contributed by atoms with Crippen LogP contribution in [0.4, 0.5) is 0 Å². The van der Waals surface area contributed by atoms with Crippen molar-refractivity contribution in [2.24, 2.45) is 11.3 Å². The molecule has 0 aromatic rings. The number of esters is 1. The van der Waals surface area contributed by atoms with Gasteiger partial charge in [0.05, 0.1) is 12.0 Å². The number of carbonyl (C=O) groups is 1. The van der Waals surface area contributed by atoms with E-state index in [-0.39, 0.29) is 11.4 Å². The number of rotatable bonds is 38. The predicted octanol–water partition coefficient (Wildman–Crippen LogP) is 15.9. The molecular weight excluding hydrogens is 560 g/mol. The molecule has 0 aliphatic heterocycles. The highest BCUT2D eigenvalue weighted by atomic mass is 16.5. The average Bonchev–Trinajstić information content (AvgIpc) is 3.06. The first-order chi connectivity index (χ1) is 22.6. The van der Waals surface area contributed by atoms with Crippen LogP contribution in [0.1, 0.15) is 259 Å². The highest BCUT2D eigenvalue weighted by Gasteiger charge is 2.45. The third kappa shape index (κ3) is 25.5. The lowest BCUT2D eigenvalue weighted by molar-refractivity contribution is -0.162. The van der Waals surface area contributed by atoms with Crippen molar-refractivity contribution in [3.63, 3.8) is 0 Å². The van der Waals surface area contributed by atoms with E-state index in [4.69, 9.17) is 4.74 Å². The second kappa shape index (κ2) is 35.8. The zero-order valence-corrected chi connectivity index (χ0v) is 32.8. The van der Waals surface area contributed by atoms with Gasteiger partial charge in [0.2, 0.25) is 0 Å². The Morgan fingerprint density at radius 3 is 1.02 bits per heavy atom. The minimum atomic E-state index is -0.261. The van der Waals surface area contributed by atoms with Gasteiger partial charge in [-0.15, -0.1) is 0 Å². The molecule has 0 radical (unpaired) electrons. The molecule has 0 bridgehead atoms. The van der Waals surface area contributed by atoms with Gasteiger partial charge in [-0.05, 0) is 38.0 Å². The van der Waals surface area contributed by atoms with Gasteiger partial charge in [0.15, 0.2) is 0 Å². The summed E-state index contributed by atoms with van der Waals surface area (Å²) < 4.78 is 6.38. The zero-order valence-electron chi connectivity index (χ0n) is 32.8. The summed E-state index contributed by atoms with van der Waals surface area (Å²) in [5.41, 5.74) is -0.261. The summed E-state index contributed by atoms with van der Waals surface area (Å²) in [4.78, 5) is 14.5. The van der Waals surface area contributed by atoms with Crippen LogP contribution in [0.5, 0.6) is 0 Å². The van der Waals surface area contributed by atoms with Gasteiger partial charge in [0.1, 0.15) is 0 Å². The molecule has 0 heterocycles. The quantitative estimate of drug-likeness (QED) is 0.0492. The lowest BCUT2D eigenvalue weighted by atomic mass is 9.65. The second-order valence-electron chi connectivity index (χ2n) is 15.3. The molecule has 1 unspecified atom stereocenters. The maximum Gasteiger partial charge on any atom is 0.312 e. The van der Waals surface area contributed by atoms with Crippen LogP contribution in [0.15, 0.2) is 0 Å². The average molecular weight is 649 g/mol. The standard InChI is InChI=1S/C44H88O2/c1-6-11-16-21-26-28-33-38-42(37-32-27-22-17-12-7-2)44(39-34-29-23-18-13-8-3,40-35-30-24-19-14-9-4)43(45)46-41-36-31-25-20-15-10-5/h42H,6-41H2,1-5H3. The van der Waals surface area contributed by atoms with E-state index in [0.717, 1.165) is 19.3 Å². The maximum absolute atomic E-state index is 14.5. The number of unbranched alkanes of at least 4 members (excludes halogenated alkanes) is 26. The number of hydrogen-bond acceptors (Lipinski definition) is 2. The van der Waals surface area contributed by atoms with E-state index in [1.165, 1.54) is 205 Å². The summed E-state index contributed by atoms with van der Waals surface area (Å²) in [6, 6.07) is 0. The van der Waals surface area contributed by atoms with Crippen molar-refractivity contribution in [2.75, 3.05) is 6.61 Å². The lowest BCUT2D eigenvalue weighted by Gasteiger charge is -2.40. The molecule has 0 saturated carbocycles. The first-order valence-electron chi connectivity index (χ1n) is 21.8.